The van der Waals surface area contributed by atoms with E-state index in [1.165, 1.54) is 4.90 Å². The minimum Gasteiger partial charge on any atom is -0.447 e. The van der Waals surface area contributed by atoms with Gasteiger partial charge in [0, 0.05) is 12.4 Å². The van der Waals surface area contributed by atoms with Crippen molar-refractivity contribution >= 4 is 23.9 Å². The minimum absolute atomic E-state index is 0.0248. The summed E-state index contributed by atoms with van der Waals surface area (Å²) >= 11 is 0. The van der Waals surface area contributed by atoms with Gasteiger partial charge in [-0.3, -0.25) is 19.5 Å². The maximum Gasteiger partial charge on any atom is 0.410 e. The summed E-state index contributed by atoms with van der Waals surface area (Å²) in [6, 6.07) is 1.70. The Morgan fingerprint density at radius 3 is 2.48 bits per heavy atom. The molecule has 0 spiro atoms. The van der Waals surface area contributed by atoms with E-state index in [2.05, 4.69) is 15.6 Å². The first-order chi connectivity index (χ1) is 14.7. The molecule has 31 heavy (non-hydrogen) atoms. The number of carbonyl (C=O) groups excluding carboxylic acids is 4. The summed E-state index contributed by atoms with van der Waals surface area (Å²) in [5.41, 5.74) is 0.764. The number of nitrogens with one attached hydrogen (secondary N) is 2. The van der Waals surface area contributed by atoms with Crippen molar-refractivity contribution in [2.24, 2.45) is 5.92 Å². The molecule has 1 unspecified atom stereocenters. The molecule has 1 saturated heterocycles. The maximum atomic E-state index is 12.8. The van der Waals surface area contributed by atoms with Crippen molar-refractivity contribution in [3.05, 3.63) is 30.1 Å². The molecule has 0 aromatic carbocycles. The highest BCUT2D eigenvalue weighted by Crippen LogP contribution is 2.11. The average Bonchev–Trinajstić information content (AvgIpc) is 3.06. The van der Waals surface area contributed by atoms with E-state index in [9.17, 15) is 19.2 Å². The van der Waals surface area contributed by atoms with Gasteiger partial charge in [-0.1, -0.05) is 13.8 Å². The number of carbonyl (C=O) groups is 4. The molecule has 1 aromatic rings. The van der Waals surface area contributed by atoms with E-state index in [0.29, 0.717) is 6.42 Å². The van der Waals surface area contributed by atoms with Crippen molar-refractivity contribution in [2.75, 3.05) is 13.1 Å². The van der Waals surface area contributed by atoms with Crippen LogP contribution < -0.4 is 10.6 Å². The van der Waals surface area contributed by atoms with Crippen LogP contribution in [-0.4, -0.2) is 65.0 Å². The van der Waals surface area contributed by atoms with Gasteiger partial charge in [0.05, 0.1) is 19.2 Å². The molecule has 0 bridgehead atoms. The van der Waals surface area contributed by atoms with Crippen LogP contribution in [0.2, 0.25) is 0 Å². The van der Waals surface area contributed by atoms with Crippen LogP contribution in [0.4, 0.5) is 9.59 Å². The van der Waals surface area contributed by atoms with Gasteiger partial charge >= 0.3 is 12.2 Å². The lowest BCUT2D eigenvalue weighted by Gasteiger charge is -2.22. The molecule has 1 fully saturated rings. The number of ether oxygens (including phenoxy) is 2. The molecule has 2 heterocycles. The number of alkyl carbamates (subject to hydrolysis) is 1. The van der Waals surface area contributed by atoms with E-state index in [0.717, 1.165) is 5.56 Å². The topological polar surface area (TPSA) is 127 Å². The molecule has 10 heteroatoms. The van der Waals surface area contributed by atoms with E-state index < -0.39 is 30.2 Å². The van der Waals surface area contributed by atoms with E-state index in [4.69, 9.17) is 9.47 Å². The fraction of sp³-hybridized carbons (Fsp3) is 0.571. The van der Waals surface area contributed by atoms with E-state index in [-0.39, 0.29) is 37.5 Å². The zero-order chi connectivity index (χ0) is 23.0. The quantitative estimate of drug-likeness (QED) is 0.637. The summed E-state index contributed by atoms with van der Waals surface area (Å²) in [4.78, 5) is 54.4. The number of pyridine rings is 1. The molecule has 2 rings (SSSR count). The van der Waals surface area contributed by atoms with Gasteiger partial charge in [0.1, 0.15) is 18.7 Å². The first kappa shape index (κ1) is 24.1. The molecule has 10 nitrogen and oxygen atoms in total. The Morgan fingerprint density at radius 1 is 1.19 bits per heavy atom. The Morgan fingerprint density at radius 2 is 1.87 bits per heavy atom. The van der Waals surface area contributed by atoms with Gasteiger partial charge in [0.25, 0.3) is 0 Å². The normalized spacial score (nSPS) is 16.9. The lowest BCUT2D eigenvalue weighted by Crippen LogP contribution is -2.52. The van der Waals surface area contributed by atoms with Crippen molar-refractivity contribution in [3.8, 4) is 0 Å². The summed E-state index contributed by atoms with van der Waals surface area (Å²) in [5.74, 6) is -0.697. The van der Waals surface area contributed by atoms with E-state index >= 15 is 0 Å². The predicted molar refractivity (Wildman–Crippen MR) is 111 cm³/mol. The molecule has 1 aliphatic heterocycles. The van der Waals surface area contributed by atoms with Gasteiger partial charge < -0.3 is 20.1 Å². The number of likely N-dealkylation sites (tertiary alicyclic amines) is 1. The highest BCUT2D eigenvalue weighted by Gasteiger charge is 2.37. The Hall–Kier alpha value is -3.17. The summed E-state index contributed by atoms with van der Waals surface area (Å²) in [6.45, 7) is 7.18. The second-order valence-corrected chi connectivity index (χ2v) is 8.10. The number of nitrogens with zero attached hydrogens (tertiary/aromatic N) is 2. The highest BCUT2D eigenvalue weighted by molar-refractivity contribution is 5.96. The van der Waals surface area contributed by atoms with Crippen molar-refractivity contribution in [2.45, 2.75) is 58.9 Å². The standard InChI is InChI=1S/C21H30N4O6/c1-13(2)9-16(24-20(28)30-12-15-5-7-22-8-6-15)19(27)23-17-10-25(11-18(17)26)21(29)31-14(3)4/h5-8,13-14,16-17H,9-12H2,1-4H3,(H,23,27)(H,24,28)/t16-,17?/m0/s1. The van der Waals surface area contributed by atoms with Gasteiger partial charge in [-0.25, -0.2) is 9.59 Å². The van der Waals surface area contributed by atoms with E-state index in [1.807, 2.05) is 13.8 Å². The van der Waals surface area contributed by atoms with Gasteiger partial charge in [-0.2, -0.15) is 0 Å². The lowest BCUT2D eigenvalue weighted by atomic mass is 10.0. The maximum absolute atomic E-state index is 12.8. The predicted octanol–water partition coefficient (Wildman–Crippen LogP) is 1.64. The van der Waals surface area contributed by atoms with Gasteiger partial charge in [-0.05, 0) is 43.9 Å². The largest absolute Gasteiger partial charge is 0.447 e. The number of aromatic nitrogens is 1. The second kappa shape index (κ2) is 11.3. The van der Waals surface area contributed by atoms with Crippen LogP contribution in [0, 0.1) is 5.92 Å². The number of ketones is 1. The van der Waals surface area contributed by atoms with Crippen molar-refractivity contribution in [3.63, 3.8) is 0 Å². The smallest absolute Gasteiger partial charge is 0.410 e. The third-order valence-corrected chi connectivity index (χ3v) is 4.48. The van der Waals surface area contributed by atoms with Gasteiger partial charge in [-0.15, -0.1) is 0 Å². The van der Waals surface area contributed by atoms with Crippen LogP contribution in [0.25, 0.3) is 0 Å². The van der Waals surface area contributed by atoms with Crippen molar-refractivity contribution in [1.82, 2.24) is 20.5 Å². The molecule has 0 saturated carbocycles. The summed E-state index contributed by atoms with van der Waals surface area (Å²) in [6.07, 6.45) is 1.88. The zero-order valence-electron chi connectivity index (χ0n) is 18.3. The van der Waals surface area contributed by atoms with Crippen LogP contribution in [0.3, 0.4) is 0 Å². The fourth-order valence-corrected chi connectivity index (χ4v) is 3.01. The number of Topliss-reactive ketones (excluding diaryl/α,β-unsaturated/α-hetero) is 1. The summed E-state index contributed by atoms with van der Waals surface area (Å²) < 4.78 is 10.3. The molecular formula is C21H30N4O6. The minimum atomic E-state index is -0.880. The Bertz CT molecular complexity index is 783. The van der Waals surface area contributed by atoms with Crippen LogP contribution in [0.5, 0.6) is 0 Å². The Kier molecular flexibility index (Phi) is 8.77. The zero-order valence-corrected chi connectivity index (χ0v) is 18.3. The molecule has 1 aliphatic rings. The van der Waals surface area contributed by atoms with Gasteiger partial charge in [0.2, 0.25) is 5.91 Å². The van der Waals surface area contributed by atoms with E-state index in [1.54, 1.807) is 38.4 Å². The molecule has 0 aliphatic carbocycles. The Labute approximate surface area is 181 Å². The number of amides is 3. The van der Waals surface area contributed by atoms with Crippen LogP contribution in [-0.2, 0) is 25.7 Å². The highest BCUT2D eigenvalue weighted by atomic mass is 16.6. The monoisotopic (exact) mass is 434 g/mol. The van der Waals surface area contributed by atoms with Crippen LogP contribution in [0.15, 0.2) is 24.5 Å². The summed E-state index contributed by atoms with van der Waals surface area (Å²) in [7, 11) is 0. The van der Waals surface area contributed by atoms with Crippen LogP contribution >= 0.6 is 0 Å². The van der Waals surface area contributed by atoms with Crippen molar-refractivity contribution in [1.29, 1.82) is 0 Å². The first-order valence-corrected chi connectivity index (χ1v) is 10.3. The van der Waals surface area contributed by atoms with Gasteiger partial charge in [0.15, 0.2) is 5.78 Å². The molecule has 170 valence electrons. The molecule has 3 amide bonds. The fourth-order valence-electron chi connectivity index (χ4n) is 3.01. The molecule has 1 aromatic heterocycles. The van der Waals surface area contributed by atoms with Crippen molar-refractivity contribution < 1.29 is 28.7 Å². The number of rotatable bonds is 8. The Balaban J connectivity index is 1.92. The second-order valence-electron chi connectivity index (χ2n) is 8.10. The average molecular weight is 434 g/mol. The SMILES string of the molecule is CC(C)C[C@H](NC(=O)OCc1ccncc1)C(=O)NC1CN(C(=O)OC(C)C)CC1=O. The first-order valence-electron chi connectivity index (χ1n) is 10.3. The third-order valence-electron chi connectivity index (χ3n) is 4.48. The number of hydrogen-bond acceptors (Lipinski definition) is 7. The third kappa shape index (κ3) is 7.88. The molecule has 2 N–H and O–H groups in total. The lowest BCUT2D eigenvalue weighted by molar-refractivity contribution is -0.127. The molecule has 2 atom stereocenters. The number of hydrogen-bond donors (Lipinski definition) is 2. The molecule has 0 radical (unpaired) electrons. The summed E-state index contributed by atoms with van der Waals surface area (Å²) in [5, 5.41) is 5.20. The molecular weight excluding hydrogens is 404 g/mol. The van der Waals surface area contributed by atoms with Crippen LogP contribution in [0.1, 0.15) is 39.7 Å².